The predicted octanol–water partition coefficient (Wildman–Crippen LogP) is 4.15. The number of para-hydroxylation sites is 1. The molecule has 156 valence electrons. The molecule has 0 saturated carbocycles. The monoisotopic (exact) mass is 413 g/mol. The molecule has 0 fully saturated rings. The van der Waals surface area contributed by atoms with Crippen LogP contribution in [-0.4, -0.2) is 26.4 Å². The fraction of sp³-hybridized carbons (Fsp3) is 0.167. The van der Waals surface area contributed by atoms with E-state index in [4.69, 9.17) is 5.73 Å². The normalized spacial score (nSPS) is 11.5. The first-order chi connectivity index (χ1) is 14.8. The third-order valence-electron chi connectivity index (χ3n) is 4.99. The number of carbonyl (C=O) groups excluding carboxylic acids is 2. The number of nitrogens with zero attached hydrogens (tertiary/aromatic N) is 3. The quantitative estimate of drug-likeness (QED) is 0.525. The molecule has 0 aliphatic heterocycles. The summed E-state index contributed by atoms with van der Waals surface area (Å²) < 4.78 is 1.64. The van der Waals surface area contributed by atoms with Gasteiger partial charge in [0.25, 0.3) is 0 Å². The lowest BCUT2D eigenvalue weighted by Gasteiger charge is -2.21. The van der Waals surface area contributed by atoms with E-state index in [0.717, 1.165) is 11.1 Å². The van der Waals surface area contributed by atoms with Gasteiger partial charge in [-0.1, -0.05) is 51.1 Å². The number of rotatable bonds is 4. The van der Waals surface area contributed by atoms with Gasteiger partial charge in [0.05, 0.1) is 5.69 Å². The van der Waals surface area contributed by atoms with Crippen LogP contribution >= 0.6 is 0 Å². The Hall–Kier alpha value is -4.00. The van der Waals surface area contributed by atoms with Gasteiger partial charge in [-0.15, -0.1) is 0 Å². The highest BCUT2D eigenvalue weighted by atomic mass is 16.2. The van der Waals surface area contributed by atoms with Gasteiger partial charge in [-0.2, -0.15) is 5.10 Å². The standard InChI is InChI=1S/C24H23N5O2/c1-24(2,3)23(31)27-18-10-5-4-7-15(18)16-8-6-9-17(22(25)30)21(16)19-11-12-20-26-13-14-29(20)28-19/h4-14H,1-3H3,(H2,25,30)(H,27,31). The number of fused-ring (bicyclic) bond motifs is 1. The molecule has 0 atom stereocenters. The zero-order chi connectivity index (χ0) is 22.2. The lowest BCUT2D eigenvalue weighted by molar-refractivity contribution is -0.123. The van der Waals surface area contributed by atoms with E-state index >= 15 is 0 Å². The van der Waals surface area contributed by atoms with Crippen molar-refractivity contribution in [3.05, 3.63) is 72.6 Å². The van der Waals surface area contributed by atoms with E-state index in [1.807, 2.05) is 63.2 Å². The third kappa shape index (κ3) is 3.90. The summed E-state index contributed by atoms with van der Waals surface area (Å²) >= 11 is 0. The number of benzene rings is 2. The summed E-state index contributed by atoms with van der Waals surface area (Å²) in [5.41, 5.74) is 9.53. The molecule has 3 N–H and O–H groups in total. The molecule has 0 bridgehead atoms. The van der Waals surface area contributed by atoms with Crippen molar-refractivity contribution < 1.29 is 9.59 Å². The van der Waals surface area contributed by atoms with Gasteiger partial charge in [0, 0.05) is 40.2 Å². The molecular weight excluding hydrogens is 390 g/mol. The van der Waals surface area contributed by atoms with Gasteiger partial charge in [-0.3, -0.25) is 9.59 Å². The number of hydrogen-bond acceptors (Lipinski definition) is 4. The van der Waals surface area contributed by atoms with E-state index in [0.29, 0.717) is 28.2 Å². The number of hydrogen-bond donors (Lipinski definition) is 2. The summed E-state index contributed by atoms with van der Waals surface area (Å²) in [5.74, 6) is -0.661. The van der Waals surface area contributed by atoms with Crippen molar-refractivity contribution in [1.82, 2.24) is 14.6 Å². The van der Waals surface area contributed by atoms with Crippen molar-refractivity contribution in [2.45, 2.75) is 20.8 Å². The van der Waals surface area contributed by atoms with Gasteiger partial charge in [-0.25, -0.2) is 9.50 Å². The summed E-state index contributed by atoms with van der Waals surface area (Å²) in [4.78, 5) is 29.2. The van der Waals surface area contributed by atoms with Gasteiger partial charge < -0.3 is 11.1 Å². The summed E-state index contributed by atoms with van der Waals surface area (Å²) in [6.07, 6.45) is 3.40. The fourth-order valence-electron chi connectivity index (χ4n) is 3.34. The Bertz CT molecular complexity index is 1300. The highest BCUT2D eigenvalue weighted by molar-refractivity contribution is 6.06. The van der Waals surface area contributed by atoms with Gasteiger partial charge in [-0.05, 0) is 29.8 Å². The zero-order valence-electron chi connectivity index (χ0n) is 17.6. The van der Waals surface area contributed by atoms with Crippen molar-refractivity contribution >= 4 is 23.1 Å². The zero-order valence-corrected chi connectivity index (χ0v) is 17.6. The highest BCUT2D eigenvalue weighted by Crippen LogP contribution is 2.38. The Morgan fingerprint density at radius 2 is 1.71 bits per heavy atom. The molecule has 0 saturated heterocycles. The molecule has 7 heteroatoms. The van der Waals surface area contributed by atoms with E-state index in [2.05, 4.69) is 15.4 Å². The Balaban J connectivity index is 1.94. The molecule has 2 amide bonds. The van der Waals surface area contributed by atoms with Crippen molar-refractivity contribution in [1.29, 1.82) is 0 Å². The summed E-state index contributed by atoms with van der Waals surface area (Å²) in [7, 11) is 0. The molecule has 0 aliphatic rings. The first-order valence-corrected chi connectivity index (χ1v) is 9.90. The molecule has 4 rings (SSSR count). The van der Waals surface area contributed by atoms with Gasteiger partial charge in [0.2, 0.25) is 11.8 Å². The number of aromatic nitrogens is 3. The van der Waals surface area contributed by atoms with Crippen LogP contribution in [0.25, 0.3) is 28.0 Å². The molecule has 2 heterocycles. The van der Waals surface area contributed by atoms with Crippen molar-refractivity contribution in [3.8, 4) is 22.4 Å². The van der Waals surface area contributed by atoms with Crippen LogP contribution in [0.5, 0.6) is 0 Å². The summed E-state index contributed by atoms with van der Waals surface area (Å²) in [6.45, 7) is 5.57. The van der Waals surface area contributed by atoms with Crippen LogP contribution in [0.15, 0.2) is 67.0 Å². The molecule has 2 aromatic heterocycles. The Kier molecular flexibility index (Phi) is 5.02. The fourth-order valence-corrected chi connectivity index (χ4v) is 3.34. The van der Waals surface area contributed by atoms with Gasteiger partial charge >= 0.3 is 0 Å². The number of carbonyl (C=O) groups is 2. The van der Waals surface area contributed by atoms with Gasteiger partial charge in [0.1, 0.15) is 0 Å². The third-order valence-corrected chi connectivity index (χ3v) is 4.99. The van der Waals surface area contributed by atoms with Crippen LogP contribution in [0.1, 0.15) is 31.1 Å². The molecule has 0 radical (unpaired) electrons. The van der Waals surface area contributed by atoms with E-state index in [1.165, 1.54) is 0 Å². The maximum absolute atomic E-state index is 12.7. The second kappa shape index (κ2) is 7.68. The number of anilines is 1. The van der Waals surface area contributed by atoms with Gasteiger partial charge in [0.15, 0.2) is 5.65 Å². The number of nitrogens with one attached hydrogen (secondary N) is 1. The highest BCUT2D eigenvalue weighted by Gasteiger charge is 2.24. The molecule has 0 unspecified atom stereocenters. The van der Waals surface area contributed by atoms with Crippen LogP contribution in [0, 0.1) is 5.41 Å². The van der Waals surface area contributed by atoms with E-state index in [9.17, 15) is 9.59 Å². The van der Waals surface area contributed by atoms with Crippen LogP contribution in [0.2, 0.25) is 0 Å². The molecular formula is C24H23N5O2. The minimum Gasteiger partial charge on any atom is -0.366 e. The molecule has 4 aromatic rings. The van der Waals surface area contributed by atoms with Crippen LogP contribution < -0.4 is 11.1 Å². The first-order valence-electron chi connectivity index (χ1n) is 9.90. The van der Waals surface area contributed by atoms with E-state index in [1.54, 1.807) is 29.0 Å². The van der Waals surface area contributed by atoms with Crippen LogP contribution in [0.3, 0.4) is 0 Å². The molecule has 2 aromatic carbocycles. The van der Waals surface area contributed by atoms with Crippen molar-refractivity contribution in [2.24, 2.45) is 11.1 Å². The average Bonchev–Trinajstić information content (AvgIpc) is 3.20. The second-order valence-corrected chi connectivity index (χ2v) is 8.29. The smallest absolute Gasteiger partial charge is 0.249 e. The molecule has 0 spiro atoms. The number of imidazole rings is 1. The molecule has 7 nitrogen and oxygen atoms in total. The minimum absolute atomic E-state index is 0.106. The summed E-state index contributed by atoms with van der Waals surface area (Å²) in [5, 5.41) is 7.63. The lowest BCUT2D eigenvalue weighted by atomic mass is 9.91. The second-order valence-electron chi connectivity index (χ2n) is 8.29. The Labute approximate surface area is 179 Å². The van der Waals surface area contributed by atoms with Crippen LogP contribution in [-0.2, 0) is 4.79 Å². The van der Waals surface area contributed by atoms with Crippen LogP contribution in [0.4, 0.5) is 5.69 Å². The van der Waals surface area contributed by atoms with Crippen molar-refractivity contribution in [3.63, 3.8) is 0 Å². The number of nitrogens with two attached hydrogens (primary N) is 1. The minimum atomic E-state index is -0.557. The Morgan fingerprint density at radius 3 is 2.45 bits per heavy atom. The molecule has 31 heavy (non-hydrogen) atoms. The first kappa shape index (κ1) is 20.3. The predicted molar refractivity (Wildman–Crippen MR) is 120 cm³/mol. The maximum Gasteiger partial charge on any atom is 0.249 e. The van der Waals surface area contributed by atoms with E-state index in [-0.39, 0.29) is 5.91 Å². The average molecular weight is 413 g/mol. The SMILES string of the molecule is CC(C)(C)C(=O)Nc1ccccc1-c1cccc(C(N)=O)c1-c1ccc2nccn2n1. The number of primary amides is 1. The largest absolute Gasteiger partial charge is 0.366 e. The van der Waals surface area contributed by atoms with Crippen molar-refractivity contribution in [2.75, 3.05) is 5.32 Å². The topological polar surface area (TPSA) is 102 Å². The van der Waals surface area contributed by atoms with E-state index < -0.39 is 11.3 Å². The maximum atomic E-state index is 12.7. The lowest BCUT2D eigenvalue weighted by Crippen LogP contribution is -2.27. The molecule has 0 aliphatic carbocycles. The Morgan fingerprint density at radius 1 is 0.968 bits per heavy atom. The number of amides is 2. The summed E-state index contributed by atoms with van der Waals surface area (Å²) in [6, 6.07) is 16.5.